The molecule has 0 radical (unpaired) electrons. The summed E-state index contributed by atoms with van der Waals surface area (Å²) < 4.78 is 0. The summed E-state index contributed by atoms with van der Waals surface area (Å²) in [6, 6.07) is 2.13. The lowest BCUT2D eigenvalue weighted by Crippen LogP contribution is -2.57. The van der Waals surface area contributed by atoms with E-state index in [0.717, 1.165) is 11.4 Å². The molecule has 4 rings (SSSR count). The van der Waals surface area contributed by atoms with Gasteiger partial charge in [-0.15, -0.1) is 11.3 Å². The van der Waals surface area contributed by atoms with Gasteiger partial charge in [-0.25, -0.2) is 0 Å². The SMILES string of the molecule is O=C(NC1CN2CCC1CC2)c1csc(C#CCCO)c1. The van der Waals surface area contributed by atoms with Crippen LogP contribution in [0.25, 0.3) is 0 Å². The van der Waals surface area contributed by atoms with E-state index in [2.05, 4.69) is 22.1 Å². The first kappa shape index (κ1) is 14.6. The van der Waals surface area contributed by atoms with Crippen molar-refractivity contribution in [2.45, 2.75) is 25.3 Å². The average Bonchev–Trinajstić information content (AvgIpc) is 2.98. The lowest BCUT2D eigenvalue weighted by Gasteiger charge is -2.44. The molecular formula is C16H20N2O2S. The minimum absolute atomic E-state index is 0.0141. The molecule has 0 aliphatic carbocycles. The maximum absolute atomic E-state index is 12.3. The average molecular weight is 304 g/mol. The Morgan fingerprint density at radius 1 is 1.48 bits per heavy atom. The molecule has 4 heterocycles. The number of carbonyl (C=O) groups is 1. The third-order valence-corrected chi connectivity index (χ3v) is 5.13. The molecule has 1 unspecified atom stereocenters. The number of fused-ring (bicyclic) bond motifs is 3. The second kappa shape index (κ2) is 6.61. The Morgan fingerprint density at radius 3 is 2.95 bits per heavy atom. The maximum atomic E-state index is 12.3. The molecule has 21 heavy (non-hydrogen) atoms. The first-order valence-electron chi connectivity index (χ1n) is 7.48. The van der Waals surface area contributed by atoms with Gasteiger partial charge >= 0.3 is 0 Å². The number of nitrogens with zero attached hydrogens (tertiary/aromatic N) is 1. The van der Waals surface area contributed by atoms with E-state index in [0.29, 0.717) is 23.9 Å². The van der Waals surface area contributed by atoms with Crippen molar-refractivity contribution in [3.05, 3.63) is 21.9 Å². The van der Waals surface area contributed by atoms with Gasteiger partial charge in [-0.3, -0.25) is 4.79 Å². The van der Waals surface area contributed by atoms with Gasteiger partial charge in [0, 0.05) is 24.4 Å². The standard InChI is InChI=1S/C16H20N2O2S/c19-8-2-1-3-14-9-13(11-21-14)16(20)17-15-10-18-6-4-12(15)5-7-18/h9,11-12,15,19H,2,4-8,10H2,(H,17,20). The van der Waals surface area contributed by atoms with Crippen LogP contribution in [0.3, 0.4) is 0 Å². The highest BCUT2D eigenvalue weighted by Crippen LogP contribution is 2.27. The van der Waals surface area contributed by atoms with Gasteiger partial charge in [0.1, 0.15) is 0 Å². The van der Waals surface area contributed by atoms with E-state index in [9.17, 15) is 4.79 Å². The molecule has 3 saturated heterocycles. The fraction of sp³-hybridized carbons (Fsp3) is 0.562. The van der Waals surface area contributed by atoms with Crippen molar-refractivity contribution in [1.29, 1.82) is 0 Å². The van der Waals surface area contributed by atoms with Crippen LogP contribution in [-0.2, 0) is 0 Å². The zero-order valence-corrected chi connectivity index (χ0v) is 12.8. The predicted octanol–water partition coefficient (Wildman–Crippen LogP) is 1.31. The second-order valence-electron chi connectivity index (χ2n) is 5.69. The van der Waals surface area contributed by atoms with E-state index in [1.807, 2.05) is 11.4 Å². The number of thiophene rings is 1. The lowest BCUT2D eigenvalue weighted by atomic mass is 9.84. The van der Waals surface area contributed by atoms with Crippen LogP contribution in [0.1, 0.15) is 34.5 Å². The summed E-state index contributed by atoms with van der Waals surface area (Å²) in [4.78, 5) is 15.6. The number of aliphatic hydroxyl groups is 1. The molecule has 5 heteroatoms. The van der Waals surface area contributed by atoms with Crippen LogP contribution in [0.2, 0.25) is 0 Å². The number of nitrogens with one attached hydrogen (secondary N) is 1. The first-order chi connectivity index (χ1) is 10.3. The molecule has 1 atom stereocenters. The zero-order valence-electron chi connectivity index (χ0n) is 12.0. The van der Waals surface area contributed by atoms with Gasteiger partial charge < -0.3 is 15.3 Å². The van der Waals surface area contributed by atoms with Crippen LogP contribution in [-0.4, -0.2) is 48.2 Å². The summed E-state index contributed by atoms with van der Waals surface area (Å²) in [6.07, 6.45) is 2.87. The Morgan fingerprint density at radius 2 is 2.29 bits per heavy atom. The van der Waals surface area contributed by atoms with Crippen LogP contribution < -0.4 is 5.32 Å². The molecule has 0 spiro atoms. The highest BCUT2D eigenvalue weighted by molar-refractivity contribution is 7.10. The van der Waals surface area contributed by atoms with Crippen molar-refractivity contribution in [2.24, 2.45) is 5.92 Å². The van der Waals surface area contributed by atoms with Crippen LogP contribution in [0.5, 0.6) is 0 Å². The highest BCUT2D eigenvalue weighted by atomic mass is 32.1. The Bertz CT molecular complexity index is 564. The van der Waals surface area contributed by atoms with Gasteiger partial charge in [-0.05, 0) is 37.9 Å². The van der Waals surface area contributed by atoms with Crippen LogP contribution in [0.15, 0.2) is 11.4 Å². The molecular weight excluding hydrogens is 284 g/mol. The zero-order chi connectivity index (χ0) is 14.7. The molecule has 112 valence electrons. The number of carbonyl (C=O) groups excluding carboxylic acids is 1. The second-order valence-corrected chi connectivity index (χ2v) is 6.60. The van der Waals surface area contributed by atoms with E-state index in [4.69, 9.17) is 5.11 Å². The fourth-order valence-electron chi connectivity index (χ4n) is 3.11. The minimum atomic E-state index is 0.0141. The van der Waals surface area contributed by atoms with Crippen molar-refractivity contribution in [3.63, 3.8) is 0 Å². The van der Waals surface area contributed by atoms with E-state index in [1.165, 1.54) is 37.3 Å². The van der Waals surface area contributed by atoms with Crippen LogP contribution >= 0.6 is 11.3 Å². The van der Waals surface area contributed by atoms with Gasteiger partial charge in [0.05, 0.1) is 17.0 Å². The number of piperidine rings is 3. The number of hydrogen-bond donors (Lipinski definition) is 2. The van der Waals surface area contributed by atoms with Gasteiger partial charge in [0.25, 0.3) is 5.91 Å². The van der Waals surface area contributed by atoms with E-state index < -0.39 is 0 Å². The third-order valence-electron chi connectivity index (χ3n) is 4.28. The lowest BCUT2D eigenvalue weighted by molar-refractivity contribution is 0.0620. The number of rotatable bonds is 3. The normalized spacial score (nSPS) is 27.0. The van der Waals surface area contributed by atoms with Gasteiger partial charge in [0.2, 0.25) is 0 Å². The summed E-state index contributed by atoms with van der Waals surface area (Å²) >= 11 is 1.48. The molecule has 0 aromatic carbocycles. The third kappa shape index (κ3) is 3.46. The van der Waals surface area contributed by atoms with Gasteiger partial charge in [-0.1, -0.05) is 11.8 Å². The monoisotopic (exact) mass is 304 g/mol. The maximum Gasteiger partial charge on any atom is 0.252 e. The Labute approximate surface area is 129 Å². The Hall–Kier alpha value is -1.35. The highest BCUT2D eigenvalue weighted by Gasteiger charge is 2.34. The Kier molecular flexibility index (Phi) is 4.59. The van der Waals surface area contributed by atoms with E-state index in [-0.39, 0.29) is 12.5 Å². The molecule has 3 aliphatic heterocycles. The molecule has 1 aromatic rings. The molecule has 0 saturated carbocycles. The van der Waals surface area contributed by atoms with Crippen LogP contribution in [0.4, 0.5) is 0 Å². The number of hydrogen-bond acceptors (Lipinski definition) is 4. The predicted molar refractivity (Wildman–Crippen MR) is 83.3 cm³/mol. The molecule has 2 bridgehead atoms. The van der Waals surface area contributed by atoms with Gasteiger partial charge in [-0.2, -0.15) is 0 Å². The minimum Gasteiger partial charge on any atom is -0.395 e. The largest absolute Gasteiger partial charge is 0.395 e. The smallest absolute Gasteiger partial charge is 0.252 e. The van der Waals surface area contributed by atoms with E-state index in [1.54, 1.807) is 0 Å². The number of aliphatic hydroxyl groups excluding tert-OH is 1. The molecule has 1 amide bonds. The summed E-state index contributed by atoms with van der Waals surface area (Å²) in [7, 11) is 0. The van der Waals surface area contributed by atoms with Gasteiger partial charge in [0.15, 0.2) is 0 Å². The van der Waals surface area contributed by atoms with Crippen molar-refractivity contribution in [2.75, 3.05) is 26.2 Å². The molecule has 4 nitrogen and oxygen atoms in total. The van der Waals surface area contributed by atoms with Crippen LogP contribution in [0, 0.1) is 17.8 Å². The topological polar surface area (TPSA) is 52.6 Å². The van der Waals surface area contributed by atoms with Crippen molar-refractivity contribution in [3.8, 4) is 11.8 Å². The molecule has 2 N–H and O–H groups in total. The summed E-state index contributed by atoms with van der Waals surface area (Å²) in [5, 5.41) is 13.8. The van der Waals surface area contributed by atoms with Crippen molar-refractivity contribution >= 4 is 17.2 Å². The Balaban J connectivity index is 1.60. The molecule has 1 aromatic heterocycles. The summed E-state index contributed by atoms with van der Waals surface area (Å²) in [5.41, 5.74) is 0.699. The first-order valence-corrected chi connectivity index (χ1v) is 8.35. The summed E-state index contributed by atoms with van der Waals surface area (Å²) in [5.74, 6) is 6.51. The quantitative estimate of drug-likeness (QED) is 0.828. The summed E-state index contributed by atoms with van der Waals surface area (Å²) in [6.45, 7) is 3.43. The fourth-order valence-corrected chi connectivity index (χ4v) is 3.86. The van der Waals surface area contributed by atoms with Crippen molar-refractivity contribution in [1.82, 2.24) is 10.2 Å². The molecule has 3 fully saturated rings. The molecule has 3 aliphatic rings. The van der Waals surface area contributed by atoms with E-state index >= 15 is 0 Å². The van der Waals surface area contributed by atoms with Crippen molar-refractivity contribution < 1.29 is 9.90 Å². The number of amides is 1.